The number of hydrogen-bond acceptors (Lipinski definition) is 4. The van der Waals surface area contributed by atoms with Crippen LogP contribution in [0.3, 0.4) is 0 Å². The maximum Gasteiger partial charge on any atom is 0.305 e. The second kappa shape index (κ2) is 7.01. The highest BCUT2D eigenvalue weighted by molar-refractivity contribution is 9.10. The van der Waals surface area contributed by atoms with Crippen LogP contribution in [0.25, 0.3) is 6.08 Å². The van der Waals surface area contributed by atoms with Gasteiger partial charge in [-0.3, -0.25) is 10.1 Å². The summed E-state index contributed by atoms with van der Waals surface area (Å²) in [5.41, 5.74) is 0.151. The van der Waals surface area contributed by atoms with Crippen molar-refractivity contribution < 1.29 is 17.7 Å². The van der Waals surface area contributed by atoms with Crippen LogP contribution in [0.15, 0.2) is 52.3 Å². The molecule has 0 bridgehead atoms. The summed E-state index contributed by atoms with van der Waals surface area (Å²) in [6.07, 6.45) is 1.21. The van der Waals surface area contributed by atoms with Gasteiger partial charge in [0.2, 0.25) is 5.82 Å². The van der Waals surface area contributed by atoms with E-state index in [9.17, 15) is 22.9 Å². The van der Waals surface area contributed by atoms with Crippen LogP contribution in [0, 0.1) is 15.9 Å². The zero-order valence-corrected chi connectivity index (χ0v) is 14.1. The molecule has 0 aliphatic rings. The third-order valence-electron chi connectivity index (χ3n) is 2.92. The van der Waals surface area contributed by atoms with Gasteiger partial charge in [-0.15, -0.1) is 0 Å². The molecule has 0 aliphatic heterocycles. The fraction of sp³-hybridized carbons (Fsp3) is 0.0667. The summed E-state index contributed by atoms with van der Waals surface area (Å²) in [6, 6.07) is 10.0. The SMILES string of the molecule is O=[N+]([O-])c1cc(C=CS(=O)(=O)Cc2ccc(Br)cc2)ccc1F. The second-order valence-corrected chi connectivity index (χ2v) is 7.51. The minimum atomic E-state index is -3.55. The average molecular weight is 400 g/mol. The first-order valence-corrected chi connectivity index (χ1v) is 8.87. The van der Waals surface area contributed by atoms with Crippen molar-refractivity contribution in [3.05, 3.63) is 79.4 Å². The van der Waals surface area contributed by atoms with Crippen LogP contribution in [0.4, 0.5) is 10.1 Å². The third kappa shape index (κ3) is 4.97. The first-order valence-electron chi connectivity index (χ1n) is 6.36. The summed E-state index contributed by atoms with van der Waals surface area (Å²) >= 11 is 3.26. The predicted octanol–water partition coefficient (Wildman–Crippen LogP) is 4.08. The van der Waals surface area contributed by atoms with Crippen molar-refractivity contribution in [2.45, 2.75) is 5.75 Å². The number of halogens is 2. The lowest BCUT2D eigenvalue weighted by Crippen LogP contribution is -1.99. The Bertz CT molecular complexity index is 864. The molecule has 0 aliphatic carbocycles. The molecule has 0 saturated carbocycles. The molecule has 0 radical (unpaired) electrons. The van der Waals surface area contributed by atoms with Crippen molar-refractivity contribution in [2.75, 3.05) is 0 Å². The second-order valence-electron chi connectivity index (χ2n) is 4.70. The lowest BCUT2D eigenvalue weighted by molar-refractivity contribution is -0.387. The molecule has 2 rings (SSSR count). The molecule has 5 nitrogen and oxygen atoms in total. The van der Waals surface area contributed by atoms with E-state index >= 15 is 0 Å². The molecule has 0 N–H and O–H groups in total. The Hall–Kier alpha value is -2.06. The molecule has 2 aromatic rings. The Morgan fingerprint density at radius 2 is 1.83 bits per heavy atom. The smallest absolute Gasteiger partial charge is 0.258 e. The van der Waals surface area contributed by atoms with E-state index in [2.05, 4.69) is 15.9 Å². The highest BCUT2D eigenvalue weighted by Gasteiger charge is 2.14. The maximum atomic E-state index is 13.2. The van der Waals surface area contributed by atoms with E-state index in [0.717, 1.165) is 22.0 Å². The molecule has 23 heavy (non-hydrogen) atoms. The quantitative estimate of drug-likeness (QED) is 0.560. The lowest BCUT2D eigenvalue weighted by Gasteiger charge is -2.01. The van der Waals surface area contributed by atoms with Crippen LogP contribution >= 0.6 is 15.9 Å². The first-order chi connectivity index (χ1) is 10.8. The molecule has 0 aromatic heterocycles. The number of nitro groups is 1. The van der Waals surface area contributed by atoms with E-state index in [4.69, 9.17) is 0 Å². The number of nitro benzene ring substituents is 1. The molecule has 0 saturated heterocycles. The highest BCUT2D eigenvalue weighted by Crippen LogP contribution is 2.20. The summed E-state index contributed by atoms with van der Waals surface area (Å²) in [6.45, 7) is 0. The zero-order chi connectivity index (χ0) is 17.0. The molecule has 0 atom stereocenters. The maximum absolute atomic E-state index is 13.2. The first kappa shape index (κ1) is 17.3. The lowest BCUT2D eigenvalue weighted by atomic mass is 10.2. The molecule has 8 heteroatoms. The minimum Gasteiger partial charge on any atom is -0.258 e. The third-order valence-corrected chi connectivity index (χ3v) is 4.73. The largest absolute Gasteiger partial charge is 0.305 e. The Morgan fingerprint density at radius 1 is 1.17 bits per heavy atom. The van der Waals surface area contributed by atoms with Crippen LogP contribution in [0.5, 0.6) is 0 Å². The average Bonchev–Trinajstić information content (AvgIpc) is 2.48. The van der Waals surface area contributed by atoms with Crippen molar-refractivity contribution in [2.24, 2.45) is 0 Å². The Balaban J connectivity index is 2.19. The van der Waals surface area contributed by atoms with E-state index in [-0.39, 0.29) is 11.3 Å². The van der Waals surface area contributed by atoms with Crippen molar-refractivity contribution in [3.8, 4) is 0 Å². The Kier molecular flexibility index (Phi) is 5.27. The van der Waals surface area contributed by atoms with Crippen molar-refractivity contribution in [3.63, 3.8) is 0 Å². The monoisotopic (exact) mass is 399 g/mol. The summed E-state index contributed by atoms with van der Waals surface area (Å²) < 4.78 is 38.1. The van der Waals surface area contributed by atoms with Gasteiger partial charge < -0.3 is 0 Å². The Morgan fingerprint density at radius 3 is 2.43 bits per heavy atom. The van der Waals surface area contributed by atoms with E-state index in [0.29, 0.717) is 5.56 Å². The Labute approximate surface area is 140 Å². The summed E-state index contributed by atoms with van der Waals surface area (Å²) in [7, 11) is -3.55. The number of benzene rings is 2. The molecular weight excluding hydrogens is 389 g/mol. The fourth-order valence-corrected chi connectivity index (χ4v) is 3.20. The van der Waals surface area contributed by atoms with Gasteiger partial charge in [0.05, 0.1) is 10.7 Å². The van der Waals surface area contributed by atoms with Gasteiger partial charge in [-0.05, 0) is 35.4 Å². The summed E-state index contributed by atoms with van der Waals surface area (Å²) in [5.74, 6) is -1.16. The van der Waals surface area contributed by atoms with E-state index in [1.165, 1.54) is 12.1 Å². The predicted molar refractivity (Wildman–Crippen MR) is 88.9 cm³/mol. The van der Waals surface area contributed by atoms with Gasteiger partial charge in [0.15, 0.2) is 9.84 Å². The molecule has 120 valence electrons. The van der Waals surface area contributed by atoms with Crippen LogP contribution < -0.4 is 0 Å². The van der Waals surface area contributed by atoms with E-state index < -0.39 is 26.3 Å². The van der Waals surface area contributed by atoms with Gasteiger partial charge in [0, 0.05) is 15.9 Å². The van der Waals surface area contributed by atoms with Gasteiger partial charge in [-0.25, -0.2) is 8.42 Å². The molecule has 0 heterocycles. The van der Waals surface area contributed by atoms with Crippen LogP contribution in [-0.4, -0.2) is 13.3 Å². The summed E-state index contributed by atoms with van der Waals surface area (Å²) in [4.78, 5) is 9.81. The molecular formula is C15H11BrFNO4S. The van der Waals surface area contributed by atoms with Crippen LogP contribution in [-0.2, 0) is 15.6 Å². The molecule has 0 unspecified atom stereocenters. The molecule has 0 fully saturated rings. The van der Waals surface area contributed by atoms with Crippen molar-refractivity contribution in [1.82, 2.24) is 0 Å². The van der Waals surface area contributed by atoms with Crippen LogP contribution in [0.2, 0.25) is 0 Å². The molecule has 0 amide bonds. The van der Waals surface area contributed by atoms with Gasteiger partial charge in [0.1, 0.15) is 0 Å². The zero-order valence-electron chi connectivity index (χ0n) is 11.6. The molecule has 0 spiro atoms. The standard InChI is InChI=1S/C15H11BrFNO4S/c16-13-4-1-12(2-5-13)10-23(21,22)8-7-11-3-6-14(17)15(9-11)18(19)20/h1-9H,10H2. The van der Waals surface area contributed by atoms with Gasteiger partial charge in [-0.1, -0.05) is 34.1 Å². The summed E-state index contributed by atoms with van der Waals surface area (Å²) in [5, 5.41) is 11.6. The van der Waals surface area contributed by atoms with Gasteiger partial charge >= 0.3 is 5.69 Å². The van der Waals surface area contributed by atoms with Crippen LogP contribution in [0.1, 0.15) is 11.1 Å². The topological polar surface area (TPSA) is 77.3 Å². The van der Waals surface area contributed by atoms with Crippen molar-refractivity contribution in [1.29, 1.82) is 0 Å². The fourth-order valence-electron chi connectivity index (χ4n) is 1.82. The van der Waals surface area contributed by atoms with E-state index in [1.54, 1.807) is 24.3 Å². The number of sulfone groups is 1. The molecule has 2 aromatic carbocycles. The number of hydrogen-bond donors (Lipinski definition) is 0. The number of rotatable bonds is 5. The van der Waals surface area contributed by atoms with Gasteiger partial charge in [-0.2, -0.15) is 4.39 Å². The highest BCUT2D eigenvalue weighted by atomic mass is 79.9. The van der Waals surface area contributed by atoms with Gasteiger partial charge in [0.25, 0.3) is 0 Å². The van der Waals surface area contributed by atoms with E-state index in [1.807, 2.05) is 0 Å². The number of nitrogens with zero attached hydrogens (tertiary/aromatic N) is 1. The van der Waals surface area contributed by atoms with Crippen molar-refractivity contribution >= 4 is 37.5 Å². The minimum absolute atomic E-state index is 0.194. The normalized spacial score (nSPS) is 11.7.